The Bertz CT molecular complexity index is 917. The number of halogens is 1. The third kappa shape index (κ3) is 2.87. The van der Waals surface area contributed by atoms with Crippen LogP contribution in [-0.4, -0.2) is 15.3 Å². The molecule has 1 amide bonds. The molecule has 22 heavy (non-hydrogen) atoms. The predicted molar refractivity (Wildman–Crippen MR) is 93.3 cm³/mol. The Labute approximate surface area is 140 Å². The SMILES string of the molecule is Cc1ccc2ncc(C(=O)Nc3ccc(I)cc3)c(=O)n2c1. The van der Waals surface area contributed by atoms with E-state index in [9.17, 15) is 9.59 Å². The lowest BCUT2D eigenvalue weighted by atomic mass is 10.2. The molecule has 110 valence electrons. The summed E-state index contributed by atoms with van der Waals surface area (Å²) in [5, 5.41) is 2.71. The number of carbonyl (C=O) groups excluding carboxylic acids is 1. The molecule has 3 aromatic rings. The molecule has 5 nitrogen and oxygen atoms in total. The lowest BCUT2D eigenvalue weighted by Gasteiger charge is -2.07. The van der Waals surface area contributed by atoms with Crippen LogP contribution in [0.5, 0.6) is 0 Å². The van der Waals surface area contributed by atoms with Crippen LogP contribution in [0.2, 0.25) is 0 Å². The molecule has 0 aliphatic heterocycles. The zero-order valence-electron chi connectivity index (χ0n) is 11.7. The summed E-state index contributed by atoms with van der Waals surface area (Å²) in [5.41, 5.74) is 1.71. The second kappa shape index (κ2) is 5.88. The first kappa shape index (κ1) is 14.7. The number of carbonyl (C=O) groups is 1. The summed E-state index contributed by atoms with van der Waals surface area (Å²) in [6, 6.07) is 11.0. The average molecular weight is 405 g/mol. The van der Waals surface area contributed by atoms with Crippen molar-refractivity contribution < 1.29 is 4.79 Å². The molecule has 0 bridgehead atoms. The second-order valence-corrected chi connectivity index (χ2v) is 6.12. The highest BCUT2D eigenvalue weighted by Crippen LogP contribution is 2.12. The lowest BCUT2D eigenvalue weighted by Crippen LogP contribution is -2.26. The highest BCUT2D eigenvalue weighted by Gasteiger charge is 2.13. The Morgan fingerprint density at radius 1 is 1.18 bits per heavy atom. The van der Waals surface area contributed by atoms with Crippen molar-refractivity contribution >= 4 is 39.8 Å². The number of pyridine rings is 1. The molecule has 0 spiro atoms. The Balaban J connectivity index is 1.99. The number of hydrogen-bond donors (Lipinski definition) is 1. The number of aromatic nitrogens is 2. The molecular weight excluding hydrogens is 393 g/mol. The minimum Gasteiger partial charge on any atom is -0.322 e. The largest absolute Gasteiger partial charge is 0.322 e. The number of nitrogens with one attached hydrogen (secondary N) is 1. The van der Waals surface area contributed by atoms with Crippen molar-refractivity contribution in [1.29, 1.82) is 0 Å². The molecule has 0 radical (unpaired) electrons. The molecule has 0 saturated heterocycles. The van der Waals surface area contributed by atoms with Crippen molar-refractivity contribution in [2.24, 2.45) is 0 Å². The molecule has 6 heteroatoms. The van der Waals surface area contributed by atoms with Crippen molar-refractivity contribution in [3.05, 3.63) is 73.8 Å². The van der Waals surface area contributed by atoms with Gasteiger partial charge in [-0.25, -0.2) is 4.98 Å². The van der Waals surface area contributed by atoms with E-state index in [1.165, 1.54) is 10.6 Å². The molecule has 0 fully saturated rings. The zero-order chi connectivity index (χ0) is 15.7. The third-order valence-corrected chi connectivity index (χ3v) is 3.92. The van der Waals surface area contributed by atoms with Crippen LogP contribution in [0, 0.1) is 10.5 Å². The third-order valence-electron chi connectivity index (χ3n) is 3.20. The van der Waals surface area contributed by atoms with E-state index in [0.717, 1.165) is 9.13 Å². The van der Waals surface area contributed by atoms with Gasteiger partial charge in [-0.3, -0.25) is 14.0 Å². The quantitative estimate of drug-likeness (QED) is 0.668. The van der Waals surface area contributed by atoms with Gasteiger partial charge in [0.1, 0.15) is 11.2 Å². The summed E-state index contributed by atoms with van der Waals surface area (Å²) >= 11 is 2.18. The Morgan fingerprint density at radius 2 is 1.91 bits per heavy atom. The normalized spacial score (nSPS) is 10.6. The Hall–Kier alpha value is -2.22. The van der Waals surface area contributed by atoms with Gasteiger partial charge in [0.25, 0.3) is 11.5 Å². The van der Waals surface area contributed by atoms with E-state index in [4.69, 9.17) is 0 Å². The summed E-state index contributed by atoms with van der Waals surface area (Å²) in [4.78, 5) is 28.9. The molecule has 0 saturated carbocycles. The number of anilines is 1. The van der Waals surface area contributed by atoms with Gasteiger partial charge in [0, 0.05) is 21.7 Å². The van der Waals surface area contributed by atoms with E-state index in [-0.39, 0.29) is 11.1 Å². The van der Waals surface area contributed by atoms with Crippen molar-refractivity contribution in [2.45, 2.75) is 6.92 Å². The van der Waals surface area contributed by atoms with Gasteiger partial charge in [-0.15, -0.1) is 0 Å². The number of rotatable bonds is 2. The van der Waals surface area contributed by atoms with E-state index < -0.39 is 5.91 Å². The smallest absolute Gasteiger partial charge is 0.270 e. The maximum absolute atomic E-state index is 12.4. The van der Waals surface area contributed by atoms with Gasteiger partial charge >= 0.3 is 0 Å². The fraction of sp³-hybridized carbons (Fsp3) is 0.0625. The molecule has 0 unspecified atom stereocenters. The van der Waals surface area contributed by atoms with Crippen molar-refractivity contribution in [2.75, 3.05) is 5.32 Å². The first-order chi connectivity index (χ1) is 10.5. The lowest BCUT2D eigenvalue weighted by molar-refractivity contribution is 0.102. The highest BCUT2D eigenvalue weighted by atomic mass is 127. The number of fused-ring (bicyclic) bond motifs is 1. The molecular formula is C16H12IN3O2. The van der Waals surface area contributed by atoms with E-state index >= 15 is 0 Å². The monoisotopic (exact) mass is 405 g/mol. The minimum atomic E-state index is -0.463. The number of amides is 1. The van der Waals surface area contributed by atoms with E-state index in [1.807, 2.05) is 25.1 Å². The maximum Gasteiger partial charge on any atom is 0.270 e. The molecule has 2 heterocycles. The summed E-state index contributed by atoms with van der Waals surface area (Å²) in [6.07, 6.45) is 2.99. The zero-order valence-corrected chi connectivity index (χ0v) is 13.9. The summed E-state index contributed by atoms with van der Waals surface area (Å²) in [7, 11) is 0. The summed E-state index contributed by atoms with van der Waals surface area (Å²) in [6.45, 7) is 1.88. The molecule has 3 rings (SSSR count). The van der Waals surface area contributed by atoms with Crippen LogP contribution in [0.1, 0.15) is 15.9 Å². The average Bonchev–Trinajstić information content (AvgIpc) is 2.50. The molecule has 2 aromatic heterocycles. The van der Waals surface area contributed by atoms with Crippen LogP contribution in [-0.2, 0) is 0 Å². The van der Waals surface area contributed by atoms with Gasteiger partial charge in [0.15, 0.2) is 0 Å². The Morgan fingerprint density at radius 3 is 2.64 bits per heavy atom. The van der Waals surface area contributed by atoms with Crippen LogP contribution in [0.25, 0.3) is 5.65 Å². The van der Waals surface area contributed by atoms with Crippen LogP contribution in [0.15, 0.2) is 53.6 Å². The Kier molecular flexibility index (Phi) is 3.93. The maximum atomic E-state index is 12.4. The highest BCUT2D eigenvalue weighted by molar-refractivity contribution is 14.1. The number of aryl methyl sites for hydroxylation is 1. The van der Waals surface area contributed by atoms with Gasteiger partial charge in [-0.1, -0.05) is 6.07 Å². The first-order valence-corrected chi connectivity index (χ1v) is 7.67. The van der Waals surface area contributed by atoms with Crippen LogP contribution >= 0.6 is 22.6 Å². The van der Waals surface area contributed by atoms with Crippen LogP contribution < -0.4 is 10.9 Å². The second-order valence-electron chi connectivity index (χ2n) is 4.87. The fourth-order valence-corrected chi connectivity index (χ4v) is 2.43. The van der Waals surface area contributed by atoms with Gasteiger partial charge < -0.3 is 5.32 Å². The molecule has 0 aliphatic carbocycles. The van der Waals surface area contributed by atoms with Crippen LogP contribution in [0.3, 0.4) is 0 Å². The molecule has 1 N–H and O–H groups in total. The van der Waals surface area contributed by atoms with Crippen molar-refractivity contribution in [3.63, 3.8) is 0 Å². The number of nitrogens with zero attached hydrogens (tertiary/aromatic N) is 2. The van der Waals surface area contributed by atoms with Crippen molar-refractivity contribution in [3.8, 4) is 0 Å². The fourth-order valence-electron chi connectivity index (χ4n) is 2.07. The predicted octanol–water partition coefficient (Wildman–Crippen LogP) is 2.86. The first-order valence-electron chi connectivity index (χ1n) is 6.59. The van der Waals surface area contributed by atoms with E-state index in [0.29, 0.717) is 11.3 Å². The molecule has 0 aliphatic rings. The standard InChI is InChI=1S/C16H12IN3O2/c1-10-2-7-14-18-8-13(16(22)20(14)9-10)15(21)19-12-5-3-11(17)4-6-12/h2-9H,1H3,(H,19,21). The molecule has 1 aromatic carbocycles. The molecule has 0 atom stereocenters. The van der Waals surface area contributed by atoms with E-state index in [2.05, 4.69) is 32.9 Å². The summed E-state index contributed by atoms with van der Waals surface area (Å²) in [5.74, 6) is -0.463. The van der Waals surface area contributed by atoms with Gasteiger partial charge in [0.05, 0.1) is 0 Å². The van der Waals surface area contributed by atoms with Gasteiger partial charge in [0.2, 0.25) is 0 Å². The van der Waals surface area contributed by atoms with Gasteiger partial charge in [-0.05, 0) is 65.4 Å². The minimum absolute atomic E-state index is 0.0154. The summed E-state index contributed by atoms with van der Waals surface area (Å²) < 4.78 is 2.46. The number of benzene rings is 1. The number of hydrogen-bond acceptors (Lipinski definition) is 3. The topological polar surface area (TPSA) is 63.5 Å². The van der Waals surface area contributed by atoms with Gasteiger partial charge in [-0.2, -0.15) is 0 Å². The van der Waals surface area contributed by atoms with Crippen LogP contribution in [0.4, 0.5) is 5.69 Å². The van der Waals surface area contributed by atoms with E-state index in [1.54, 1.807) is 24.4 Å². The van der Waals surface area contributed by atoms with Crippen molar-refractivity contribution in [1.82, 2.24) is 9.38 Å².